The standard InChI is InChI=1S/C15H19ClO3/c1-11(19-10-14-4-2-3-9-18-14)15(17)12-5-7-13(16)8-6-12/h5-8,11,14H,2-4,9-10H2,1H3. The lowest BCUT2D eigenvalue weighted by Gasteiger charge is -2.23. The molecule has 1 aliphatic heterocycles. The van der Waals surface area contributed by atoms with Gasteiger partial charge in [0.05, 0.1) is 12.7 Å². The topological polar surface area (TPSA) is 35.5 Å². The highest BCUT2D eigenvalue weighted by Gasteiger charge is 2.19. The molecule has 0 N–H and O–H groups in total. The predicted molar refractivity (Wildman–Crippen MR) is 74.8 cm³/mol. The largest absolute Gasteiger partial charge is 0.376 e. The number of benzene rings is 1. The number of Topliss-reactive ketones (excluding diaryl/α,β-unsaturated/α-hetero) is 1. The van der Waals surface area contributed by atoms with Crippen LogP contribution in [-0.4, -0.2) is 31.2 Å². The van der Waals surface area contributed by atoms with Crippen LogP contribution in [0.15, 0.2) is 24.3 Å². The molecule has 1 aliphatic rings. The Balaban J connectivity index is 1.83. The van der Waals surface area contributed by atoms with Crippen LogP contribution in [-0.2, 0) is 9.47 Å². The maximum atomic E-state index is 12.1. The molecular weight excluding hydrogens is 264 g/mol. The Morgan fingerprint density at radius 1 is 1.42 bits per heavy atom. The number of hydrogen-bond acceptors (Lipinski definition) is 3. The van der Waals surface area contributed by atoms with E-state index in [9.17, 15) is 4.79 Å². The van der Waals surface area contributed by atoms with Crippen LogP contribution >= 0.6 is 11.6 Å². The lowest BCUT2D eigenvalue weighted by Crippen LogP contribution is -2.29. The Hall–Kier alpha value is -0.900. The highest BCUT2D eigenvalue weighted by Crippen LogP contribution is 2.15. The number of carbonyl (C=O) groups is 1. The van der Waals surface area contributed by atoms with Crippen LogP contribution in [0.4, 0.5) is 0 Å². The molecular formula is C15H19ClO3. The van der Waals surface area contributed by atoms with Crippen LogP contribution in [0.3, 0.4) is 0 Å². The first-order chi connectivity index (χ1) is 9.16. The fourth-order valence-corrected chi connectivity index (χ4v) is 2.24. The molecule has 1 aromatic rings. The maximum absolute atomic E-state index is 12.1. The van der Waals surface area contributed by atoms with Crippen LogP contribution in [0.25, 0.3) is 0 Å². The van der Waals surface area contributed by atoms with Crippen molar-refractivity contribution in [3.8, 4) is 0 Å². The molecule has 0 aliphatic carbocycles. The number of ketones is 1. The first-order valence-corrected chi connectivity index (χ1v) is 7.07. The second kappa shape index (κ2) is 7.04. The van der Waals surface area contributed by atoms with E-state index in [0.717, 1.165) is 19.4 Å². The summed E-state index contributed by atoms with van der Waals surface area (Å²) in [5.74, 6) is -0.0209. The van der Waals surface area contributed by atoms with E-state index in [1.54, 1.807) is 31.2 Å². The molecule has 1 heterocycles. The van der Waals surface area contributed by atoms with Crippen LogP contribution in [0, 0.1) is 0 Å². The molecule has 104 valence electrons. The second-order valence-corrected chi connectivity index (χ2v) is 5.27. The van der Waals surface area contributed by atoms with Gasteiger partial charge in [-0.1, -0.05) is 11.6 Å². The van der Waals surface area contributed by atoms with Gasteiger partial charge in [-0.2, -0.15) is 0 Å². The Bertz CT molecular complexity index is 410. The van der Waals surface area contributed by atoms with E-state index in [4.69, 9.17) is 21.1 Å². The van der Waals surface area contributed by atoms with E-state index in [2.05, 4.69) is 0 Å². The van der Waals surface area contributed by atoms with E-state index in [-0.39, 0.29) is 11.9 Å². The summed E-state index contributed by atoms with van der Waals surface area (Å²) in [5, 5.41) is 0.626. The summed E-state index contributed by atoms with van der Waals surface area (Å²) in [4.78, 5) is 12.1. The summed E-state index contributed by atoms with van der Waals surface area (Å²) < 4.78 is 11.2. The van der Waals surface area contributed by atoms with Crippen molar-refractivity contribution in [3.63, 3.8) is 0 Å². The molecule has 0 radical (unpaired) electrons. The molecule has 1 aromatic carbocycles. The van der Waals surface area contributed by atoms with Crippen LogP contribution in [0.5, 0.6) is 0 Å². The second-order valence-electron chi connectivity index (χ2n) is 4.84. The Morgan fingerprint density at radius 3 is 2.79 bits per heavy atom. The van der Waals surface area contributed by atoms with Crippen molar-refractivity contribution < 1.29 is 14.3 Å². The molecule has 1 saturated heterocycles. The van der Waals surface area contributed by atoms with Gasteiger partial charge in [-0.3, -0.25) is 4.79 Å². The fraction of sp³-hybridized carbons (Fsp3) is 0.533. The third-order valence-corrected chi connectivity index (χ3v) is 3.56. The zero-order chi connectivity index (χ0) is 13.7. The Labute approximate surface area is 118 Å². The monoisotopic (exact) mass is 282 g/mol. The van der Waals surface area contributed by atoms with Gasteiger partial charge in [0.1, 0.15) is 6.10 Å². The number of carbonyl (C=O) groups excluding carboxylic acids is 1. The summed E-state index contributed by atoms with van der Waals surface area (Å²) in [6, 6.07) is 6.88. The van der Waals surface area contributed by atoms with E-state index in [1.165, 1.54) is 6.42 Å². The molecule has 0 amide bonds. The normalized spacial score (nSPS) is 21.1. The SMILES string of the molecule is CC(OCC1CCCCO1)C(=O)c1ccc(Cl)cc1. The molecule has 3 nitrogen and oxygen atoms in total. The van der Waals surface area contributed by atoms with Crippen molar-refractivity contribution in [1.29, 1.82) is 0 Å². The molecule has 4 heteroatoms. The summed E-state index contributed by atoms with van der Waals surface area (Å²) in [6.07, 6.45) is 2.99. The predicted octanol–water partition coefficient (Wildman–Crippen LogP) is 3.50. The zero-order valence-electron chi connectivity index (χ0n) is 11.1. The number of hydrogen-bond donors (Lipinski definition) is 0. The quantitative estimate of drug-likeness (QED) is 0.776. The van der Waals surface area contributed by atoms with Crippen molar-refractivity contribution in [1.82, 2.24) is 0 Å². The van der Waals surface area contributed by atoms with Crippen molar-refractivity contribution in [2.75, 3.05) is 13.2 Å². The molecule has 19 heavy (non-hydrogen) atoms. The average Bonchev–Trinajstić information content (AvgIpc) is 2.46. The molecule has 0 aromatic heterocycles. The molecule has 2 rings (SSSR count). The third-order valence-electron chi connectivity index (χ3n) is 3.30. The zero-order valence-corrected chi connectivity index (χ0v) is 11.9. The highest BCUT2D eigenvalue weighted by atomic mass is 35.5. The minimum Gasteiger partial charge on any atom is -0.376 e. The number of rotatable bonds is 5. The third kappa shape index (κ3) is 4.30. The van der Waals surface area contributed by atoms with Gasteiger partial charge in [0.15, 0.2) is 5.78 Å². The molecule has 0 spiro atoms. The van der Waals surface area contributed by atoms with Gasteiger partial charge >= 0.3 is 0 Å². The maximum Gasteiger partial charge on any atom is 0.191 e. The van der Waals surface area contributed by atoms with Crippen molar-refractivity contribution in [2.45, 2.75) is 38.4 Å². The average molecular weight is 283 g/mol. The summed E-state index contributed by atoms with van der Waals surface area (Å²) in [7, 11) is 0. The van der Waals surface area contributed by atoms with Crippen molar-refractivity contribution >= 4 is 17.4 Å². The molecule has 2 atom stereocenters. The van der Waals surface area contributed by atoms with E-state index in [0.29, 0.717) is 17.2 Å². The van der Waals surface area contributed by atoms with Gasteiger partial charge in [-0.25, -0.2) is 0 Å². The first kappa shape index (κ1) is 14.5. The summed E-state index contributed by atoms with van der Waals surface area (Å²) >= 11 is 5.80. The van der Waals surface area contributed by atoms with Gasteiger partial charge in [0.2, 0.25) is 0 Å². The van der Waals surface area contributed by atoms with Gasteiger partial charge in [-0.15, -0.1) is 0 Å². The minimum absolute atomic E-state index is 0.0209. The molecule has 0 bridgehead atoms. The van der Waals surface area contributed by atoms with Crippen LogP contribution < -0.4 is 0 Å². The van der Waals surface area contributed by atoms with Crippen LogP contribution in [0.1, 0.15) is 36.5 Å². The van der Waals surface area contributed by atoms with Crippen molar-refractivity contribution in [3.05, 3.63) is 34.9 Å². The first-order valence-electron chi connectivity index (χ1n) is 6.70. The fourth-order valence-electron chi connectivity index (χ4n) is 2.12. The van der Waals surface area contributed by atoms with Crippen LogP contribution in [0.2, 0.25) is 5.02 Å². The van der Waals surface area contributed by atoms with Gasteiger partial charge < -0.3 is 9.47 Å². The van der Waals surface area contributed by atoms with E-state index in [1.807, 2.05) is 0 Å². The molecule has 2 unspecified atom stereocenters. The summed E-state index contributed by atoms with van der Waals surface area (Å²) in [5.41, 5.74) is 0.626. The summed E-state index contributed by atoms with van der Waals surface area (Å²) in [6.45, 7) is 3.06. The molecule has 1 fully saturated rings. The van der Waals surface area contributed by atoms with Gasteiger partial charge in [-0.05, 0) is 50.5 Å². The highest BCUT2D eigenvalue weighted by molar-refractivity contribution is 6.30. The van der Waals surface area contributed by atoms with Gasteiger partial charge in [0.25, 0.3) is 0 Å². The molecule has 0 saturated carbocycles. The van der Waals surface area contributed by atoms with E-state index >= 15 is 0 Å². The smallest absolute Gasteiger partial charge is 0.191 e. The van der Waals surface area contributed by atoms with Gasteiger partial charge in [0, 0.05) is 17.2 Å². The lowest BCUT2D eigenvalue weighted by molar-refractivity contribution is -0.0526. The Morgan fingerprint density at radius 2 is 2.16 bits per heavy atom. The lowest BCUT2D eigenvalue weighted by atomic mass is 10.1. The Kier molecular flexibility index (Phi) is 5.37. The number of ether oxygens (including phenoxy) is 2. The minimum atomic E-state index is -0.452. The van der Waals surface area contributed by atoms with E-state index < -0.39 is 6.10 Å². The number of halogens is 1. The van der Waals surface area contributed by atoms with Crippen molar-refractivity contribution in [2.24, 2.45) is 0 Å².